The van der Waals surface area contributed by atoms with Gasteiger partial charge in [-0.3, -0.25) is 4.98 Å². The molecule has 0 fully saturated rings. The number of furan rings is 1. The first kappa shape index (κ1) is 10.7. The summed E-state index contributed by atoms with van der Waals surface area (Å²) in [6, 6.07) is 8.92. The summed E-state index contributed by atoms with van der Waals surface area (Å²) in [7, 11) is 0. The van der Waals surface area contributed by atoms with Crippen molar-refractivity contribution in [2.24, 2.45) is 0 Å². The van der Waals surface area contributed by atoms with E-state index < -0.39 is 0 Å². The maximum Gasteiger partial charge on any atom is 0.175 e. The van der Waals surface area contributed by atoms with Gasteiger partial charge in [0.15, 0.2) is 11.3 Å². The van der Waals surface area contributed by atoms with E-state index in [1.165, 1.54) is 0 Å². The van der Waals surface area contributed by atoms with Crippen molar-refractivity contribution in [3.05, 3.63) is 54.6 Å². The van der Waals surface area contributed by atoms with Crippen LogP contribution in [0.1, 0.15) is 5.56 Å². The highest BCUT2D eigenvalue weighted by molar-refractivity contribution is 5.85. The van der Waals surface area contributed by atoms with Crippen LogP contribution in [0.2, 0.25) is 0 Å². The molecule has 1 aromatic carbocycles. The number of phenols is 1. The molecule has 0 atom stereocenters. The van der Waals surface area contributed by atoms with Gasteiger partial charge in [0.05, 0.1) is 12.5 Å². The molecule has 0 aliphatic carbocycles. The monoisotopic (exact) mass is 241 g/mol. The molecule has 0 aliphatic rings. The predicted octanol–water partition coefficient (Wildman–Crippen LogP) is 3.11. The molecule has 90 valence electrons. The molecule has 2 heterocycles. The molecule has 0 saturated carbocycles. The maximum absolute atomic E-state index is 9.63. The molecule has 0 radical (unpaired) electrons. The van der Waals surface area contributed by atoms with Crippen LogP contribution in [0.3, 0.4) is 0 Å². The number of hydrogen-bond acceptors (Lipinski definition) is 4. The molecular weight excluding hydrogens is 230 g/mol. The largest absolute Gasteiger partial charge is 0.504 e. The lowest BCUT2D eigenvalue weighted by Gasteiger charge is -2.03. The van der Waals surface area contributed by atoms with Crippen molar-refractivity contribution in [2.45, 2.75) is 6.61 Å². The summed E-state index contributed by atoms with van der Waals surface area (Å²) in [6.45, 7) is 0.377. The Hall–Kier alpha value is -2.49. The van der Waals surface area contributed by atoms with Crippen molar-refractivity contribution in [1.82, 2.24) is 4.98 Å². The first-order valence-corrected chi connectivity index (χ1v) is 5.55. The van der Waals surface area contributed by atoms with Crippen LogP contribution in [-0.2, 0) is 6.61 Å². The van der Waals surface area contributed by atoms with Crippen molar-refractivity contribution in [3.8, 4) is 11.5 Å². The molecule has 3 rings (SSSR count). The van der Waals surface area contributed by atoms with Crippen molar-refractivity contribution >= 4 is 11.0 Å². The average molecular weight is 241 g/mol. The van der Waals surface area contributed by atoms with Gasteiger partial charge in [-0.15, -0.1) is 0 Å². The topological polar surface area (TPSA) is 55.5 Å². The molecule has 0 aliphatic heterocycles. The Morgan fingerprint density at radius 1 is 1.22 bits per heavy atom. The summed E-state index contributed by atoms with van der Waals surface area (Å²) in [5.41, 5.74) is 1.38. The van der Waals surface area contributed by atoms with Crippen LogP contribution in [0, 0.1) is 0 Å². The van der Waals surface area contributed by atoms with Crippen LogP contribution in [0.25, 0.3) is 11.0 Å². The third kappa shape index (κ3) is 1.88. The van der Waals surface area contributed by atoms with Gasteiger partial charge in [-0.05, 0) is 18.2 Å². The van der Waals surface area contributed by atoms with Gasteiger partial charge in [-0.25, -0.2) is 0 Å². The van der Waals surface area contributed by atoms with Gasteiger partial charge in [-0.2, -0.15) is 0 Å². The van der Waals surface area contributed by atoms with Crippen LogP contribution < -0.4 is 4.74 Å². The number of rotatable bonds is 3. The lowest BCUT2D eigenvalue weighted by molar-refractivity contribution is 0.304. The fraction of sp³-hybridized carbons (Fsp3) is 0.0714. The predicted molar refractivity (Wildman–Crippen MR) is 66.4 cm³/mol. The number of hydrogen-bond donors (Lipinski definition) is 1. The van der Waals surface area contributed by atoms with Gasteiger partial charge >= 0.3 is 0 Å². The van der Waals surface area contributed by atoms with E-state index in [2.05, 4.69) is 4.98 Å². The van der Waals surface area contributed by atoms with Crippen LogP contribution >= 0.6 is 0 Å². The summed E-state index contributed by atoms with van der Waals surface area (Å²) in [5.74, 6) is 0.840. The summed E-state index contributed by atoms with van der Waals surface area (Å²) in [5, 5.41) is 10.5. The molecule has 0 unspecified atom stereocenters. The second-order valence-corrected chi connectivity index (χ2v) is 3.89. The fourth-order valence-corrected chi connectivity index (χ4v) is 1.80. The first-order valence-electron chi connectivity index (χ1n) is 5.55. The third-order valence-electron chi connectivity index (χ3n) is 2.69. The SMILES string of the molecule is Oc1cccc2c(COc3cccnc3)coc12. The highest BCUT2D eigenvalue weighted by Crippen LogP contribution is 2.29. The minimum Gasteiger partial charge on any atom is -0.504 e. The molecular formula is C14H11NO3. The first-order chi connectivity index (χ1) is 8.84. The lowest BCUT2D eigenvalue weighted by atomic mass is 10.2. The highest BCUT2D eigenvalue weighted by atomic mass is 16.5. The van der Waals surface area contributed by atoms with Crippen LogP contribution in [0.5, 0.6) is 11.5 Å². The van der Waals surface area contributed by atoms with Crippen LogP contribution in [0.15, 0.2) is 53.4 Å². The number of nitrogens with zero attached hydrogens (tertiary/aromatic N) is 1. The van der Waals surface area contributed by atoms with Crippen molar-refractivity contribution in [2.75, 3.05) is 0 Å². The second-order valence-electron chi connectivity index (χ2n) is 3.89. The van der Waals surface area contributed by atoms with E-state index in [0.29, 0.717) is 17.9 Å². The van der Waals surface area contributed by atoms with Gasteiger partial charge in [0.1, 0.15) is 12.4 Å². The molecule has 2 aromatic heterocycles. The van der Waals surface area contributed by atoms with Gasteiger partial charge in [0, 0.05) is 17.1 Å². The summed E-state index contributed by atoms with van der Waals surface area (Å²) < 4.78 is 10.9. The number of aromatic nitrogens is 1. The Morgan fingerprint density at radius 2 is 2.17 bits per heavy atom. The van der Waals surface area contributed by atoms with E-state index >= 15 is 0 Å². The molecule has 0 bridgehead atoms. The Balaban J connectivity index is 1.85. The maximum atomic E-state index is 9.63. The van der Waals surface area contributed by atoms with Crippen molar-refractivity contribution < 1.29 is 14.3 Å². The number of aromatic hydroxyl groups is 1. The Kier molecular flexibility index (Phi) is 2.61. The quantitative estimate of drug-likeness (QED) is 0.765. The Morgan fingerprint density at radius 3 is 3.00 bits per heavy atom. The fourth-order valence-electron chi connectivity index (χ4n) is 1.80. The molecule has 0 amide bonds. The lowest BCUT2D eigenvalue weighted by Crippen LogP contribution is -1.94. The number of ether oxygens (including phenoxy) is 1. The van der Waals surface area contributed by atoms with Gasteiger partial charge < -0.3 is 14.3 Å². The zero-order valence-electron chi connectivity index (χ0n) is 9.54. The number of para-hydroxylation sites is 1. The smallest absolute Gasteiger partial charge is 0.175 e. The second kappa shape index (κ2) is 4.41. The molecule has 4 nitrogen and oxygen atoms in total. The van der Waals surface area contributed by atoms with Crippen molar-refractivity contribution in [3.63, 3.8) is 0 Å². The minimum atomic E-state index is 0.139. The number of pyridine rings is 1. The molecule has 3 aromatic rings. The third-order valence-corrected chi connectivity index (χ3v) is 2.69. The Bertz CT molecular complexity index is 661. The van der Waals surface area contributed by atoms with Gasteiger partial charge in [-0.1, -0.05) is 12.1 Å². The van der Waals surface area contributed by atoms with E-state index in [0.717, 1.165) is 10.9 Å². The molecule has 1 N–H and O–H groups in total. The standard InChI is InChI=1S/C14H11NO3/c16-13-5-1-4-12-10(9-18-14(12)13)8-17-11-3-2-6-15-7-11/h1-7,9,16H,8H2. The number of phenolic OH excluding ortho intramolecular Hbond substituents is 1. The van der Waals surface area contributed by atoms with E-state index in [4.69, 9.17) is 9.15 Å². The van der Waals surface area contributed by atoms with Crippen LogP contribution in [0.4, 0.5) is 0 Å². The van der Waals surface area contributed by atoms with Crippen LogP contribution in [-0.4, -0.2) is 10.1 Å². The number of fused-ring (bicyclic) bond motifs is 1. The number of benzene rings is 1. The minimum absolute atomic E-state index is 0.139. The molecule has 0 spiro atoms. The summed E-state index contributed by atoms with van der Waals surface area (Å²) >= 11 is 0. The van der Waals surface area contributed by atoms with E-state index in [1.54, 1.807) is 30.8 Å². The zero-order valence-corrected chi connectivity index (χ0v) is 9.54. The van der Waals surface area contributed by atoms with E-state index in [-0.39, 0.29) is 5.75 Å². The summed E-state index contributed by atoms with van der Waals surface area (Å²) in [6.07, 6.45) is 4.94. The molecule has 4 heteroatoms. The van der Waals surface area contributed by atoms with Gasteiger partial charge in [0.25, 0.3) is 0 Å². The average Bonchev–Trinajstić information content (AvgIpc) is 2.82. The van der Waals surface area contributed by atoms with Crippen molar-refractivity contribution in [1.29, 1.82) is 0 Å². The summed E-state index contributed by atoms with van der Waals surface area (Å²) in [4.78, 5) is 3.97. The molecule has 18 heavy (non-hydrogen) atoms. The Labute approximate surface area is 103 Å². The highest BCUT2D eigenvalue weighted by Gasteiger charge is 2.09. The van der Waals surface area contributed by atoms with E-state index in [1.807, 2.05) is 18.2 Å². The normalized spacial score (nSPS) is 10.7. The zero-order chi connectivity index (χ0) is 12.4. The van der Waals surface area contributed by atoms with Gasteiger partial charge in [0.2, 0.25) is 0 Å². The molecule has 0 saturated heterocycles. The van der Waals surface area contributed by atoms with E-state index in [9.17, 15) is 5.11 Å².